The largest absolute Gasteiger partial charge is 0.496 e. The topological polar surface area (TPSA) is 35.2 Å². The highest BCUT2D eigenvalue weighted by Crippen LogP contribution is 2.43. The Hall–Kier alpha value is -1.48. The van der Waals surface area contributed by atoms with Crippen molar-refractivity contribution >= 4 is 16.3 Å². The van der Waals surface area contributed by atoms with Gasteiger partial charge in [-0.3, -0.25) is 0 Å². The Morgan fingerprint density at radius 1 is 1.11 bits per heavy atom. The molecule has 0 aliphatic rings. The van der Waals surface area contributed by atoms with Crippen LogP contribution in [0.15, 0.2) is 12.1 Å². The maximum Gasteiger partial charge on any atom is 0.129 e. The molecule has 0 amide bonds. The molecule has 0 saturated heterocycles. The molecule has 0 aliphatic heterocycles. The normalized spacial score (nSPS) is 10.7. The Balaban J connectivity index is 2.78. The Morgan fingerprint density at radius 2 is 1.78 bits per heavy atom. The fourth-order valence-corrected chi connectivity index (χ4v) is 3.35. The van der Waals surface area contributed by atoms with E-state index in [2.05, 4.69) is 39.8 Å². The van der Waals surface area contributed by atoms with E-state index >= 15 is 0 Å². The molecular formula is C15H19NOS. The van der Waals surface area contributed by atoms with Gasteiger partial charge in [-0.15, -0.1) is 11.3 Å². The maximum atomic E-state index is 6.16. The summed E-state index contributed by atoms with van der Waals surface area (Å²) < 4.78 is 5.55. The van der Waals surface area contributed by atoms with Crippen LogP contribution in [0.2, 0.25) is 0 Å². The number of anilines is 1. The molecule has 0 atom stereocenters. The number of aryl methyl sites for hydroxylation is 3. The summed E-state index contributed by atoms with van der Waals surface area (Å²) >= 11 is 1.64. The SMILES string of the molecule is COc1c(C)cc(C)cc1-c1c(N)sc(C)c1C. The quantitative estimate of drug-likeness (QED) is 0.877. The molecule has 96 valence electrons. The lowest BCUT2D eigenvalue weighted by molar-refractivity contribution is 0.413. The zero-order valence-corrected chi connectivity index (χ0v) is 12.4. The summed E-state index contributed by atoms with van der Waals surface area (Å²) in [4.78, 5) is 1.27. The number of nitrogen functional groups attached to an aromatic ring is 1. The van der Waals surface area contributed by atoms with Gasteiger partial charge in [-0.1, -0.05) is 6.07 Å². The molecule has 0 unspecified atom stereocenters. The summed E-state index contributed by atoms with van der Waals surface area (Å²) in [7, 11) is 1.71. The number of thiophene rings is 1. The second-order valence-electron chi connectivity index (χ2n) is 4.69. The lowest BCUT2D eigenvalue weighted by atomic mass is 9.97. The van der Waals surface area contributed by atoms with Crippen LogP contribution >= 0.6 is 11.3 Å². The average molecular weight is 261 g/mol. The number of hydrogen-bond donors (Lipinski definition) is 1. The first-order chi connectivity index (χ1) is 8.45. The highest BCUT2D eigenvalue weighted by atomic mass is 32.1. The fraction of sp³-hybridized carbons (Fsp3) is 0.333. The van der Waals surface area contributed by atoms with E-state index in [0.717, 1.165) is 27.4 Å². The molecule has 1 aromatic heterocycles. The lowest BCUT2D eigenvalue weighted by Crippen LogP contribution is -1.95. The van der Waals surface area contributed by atoms with Gasteiger partial charge in [0.15, 0.2) is 0 Å². The van der Waals surface area contributed by atoms with Gasteiger partial charge in [0, 0.05) is 16.0 Å². The third-order valence-electron chi connectivity index (χ3n) is 3.30. The van der Waals surface area contributed by atoms with Crippen LogP contribution in [0.5, 0.6) is 5.75 Å². The van der Waals surface area contributed by atoms with Crippen LogP contribution in [0.25, 0.3) is 11.1 Å². The Labute approximate surface area is 112 Å². The first kappa shape index (κ1) is 13.0. The summed E-state index contributed by atoms with van der Waals surface area (Å²) in [5, 5.41) is 0.869. The van der Waals surface area contributed by atoms with Crippen molar-refractivity contribution in [1.29, 1.82) is 0 Å². The number of benzene rings is 1. The minimum Gasteiger partial charge on any atom is -0.496 e. The standard InChI is InChI=1S/C15H19NOS/c1-8-6-9(2)14(17-5)12(7-8)13-10(3)11(4)18-15(13)16/h6-7H,16H2,1-5H3. The zero-order valence-electron chi connectivity index (χ0n) is 11.5. The van der Waals surface area contributed by atoms with Crippen molar-refractivity contribution in [1.82, 2.24) is 0 Å². The second kappa shape index (κ2) is 4.65. The van der Waals surface area contributed by atoms with Gasteiger partial charge in [-0.05, 0) is 50.5 Å². The minimum absolute atomic E-state index is 0.869. The zero-order chi connectivity index (χ0) is 13.4. The van der Waals surface area contributed by atoms with Gasteiger partial charge in [0.1, 0.15) is 5.75 Å². The smallest absolute Gasteiger partial charge is 0.129 e. The third kappa shape index (κ3) is 1.99. The predicted molar refractivity (Wildman–Crippen MR) is 79.7 cm³/mol. The monoisotopic (exact) mass is 261 g/mol. The molecule has 18 heavy (non-hydrogen) atoms. The molecule has 2 nitrogen and oxygen atoms in total. The number of methoxy groups -OCH3 is 1. The van der Waals surface area contributed by atoms with Gasteiger partial charge in [0.05, 0.1) is 12.1 Å². The van der Waals surface area contributed by atoms with Crippen molar-refractivity contribution in [2.75, 3.05) is 12.8 Å². The summed E-state index contributed by atoms with van der Waals surface area (Å²) in [5.74, 6) is 0.924. The van der Waals surface area contributed by atoms with E-state index in [4.69, 9.17) is 10.5 Å². The molecule has 0 radical (unpaired) electrons. The summed E-state index contributed by atoms with van der Waals surface area (Å²) in [6.45, 7) is 8.39. The van der Waals surface area contributed by atoms with Crippen molar-refractivity contribution in [2.24, 2.45) is 0 Å². The molecule has 2 aromatic rings. The summed E-state index contributed by atoms with van der Waals surface area (Å²) in [5.41, 5.74) is 12.0. The molecule has 1 aromatic carbocycles. The van der Waals surface area contributed by atoms with E-state index < -0.39 is 0 Å². The Morgan fingerprint density at radius 3 is 2.28 bits per heavy atom. The molecule has 0 fully saturated rings. The van der Waals surface area contributed by atoms with E-state index in [1.54, 1.807) is 18.4 Å². The molecule has 0 aliphatic carbocycles. The van der Waals surface area contributed by atoms with E-state index in [9.17, 15) is 0 Å². The highest BCUT2D eigenvalue weighted by molar-refractivity contribution is 7.16. The number of nitrogens with two attached hydrogens (primary N) is 1. The van der Waals surface area contributed by atoms with Gasteiger partial charge in [0.2, 0.25) is 0 Å². The average Bonchev–Trinajstić information content (AvgIpc) is 2.52. The van der Waals surface area contributed by atoms with Gasteiger partial charge in [-0.25, -0.2) is 0 Å². The maximum absolute atomic E-state index is 6.16. The molecule has 1 heterocycles. The van der Waals surface area contributed by atoms with E-state index in [1.807, 2.05) is 0 Å². The highest BCUT2D eigenvalue weighted by Gasteiger charge is 2.17. The molecule has 2 rings (SSSR count). The van der Waals surface area contributed by atoms with Crippen molar-refractivity contribution in [3.63, 3.8) is 0 Å². The third-order valence-corrected chi connectivity index (χ3v) is 4.34. The molecule has 2 N–H and O–H groups in total. The minimum atomic E-state index is 0.869. The predicted octanol–water partition coefficient (Wildman–Crippen LogP) is 4.24. The molecule has 0 saturated carbocycles. The van der Waals surface area contributed by atoms with Crippen LogP contribution in [-0.2, 0) is 0 Å². The Kier molecular flexibility index (Phi) is 3.35. The Bertz CT molecular complexity index is 599. The van der Waals surface area contributed by atoms with Gasteiger partial charge in [-0.2, -0.15) is 0 Å². The molecule has 0 bridgehead atoms. The van der Waals surface area contributed by atoms with Crippen molar-refractivity contribution in [3.8, 4) is 16.9 Å². The lowest BCUT2D eigenvalue weighted by Gasteiger charge is -2.13. The van der Waals surface area contributed by atoms with Crippen LogP contribution in [0.4, 0.5) is 5.00 Å². The van der Waals surface area contributed by atoms with Crippen LogP contribution in [0.1, 0.15) is 21.6 Å². The summed E-state index contributed by atoms with van der Waals surface area (Å²) in [6.07, 6.45) is 0. The van der Waals surface area contributed by atoms with Crippen molar-refractivity contribution < 1.29 is 4.74 Å². The van der Waals surface area contributed by atoms with Gasteiger partial charge >= 0.3 is 0 Å². The first-order valence-corrected chi connectivity index (χ1v) is 6.78. The second-order valence-corrected chi connectivity index (χ2v) is 5.94. The van der Waals surface area contributed by atoms with Crippen LogP contribution < -0.4 is 10.5 Å². The van der Waals surface area contributed by atoms with Gasteiger partial charge < -0.3 is 10.5 Å². The van der Waals surface area contributed by atoms with Crippen LogP contribution in [0, 0.1) is 27.7 Å². The fourth-order valence-electron chi connectivity index (χ4n) is 2.40. The number of hydrogen-bond acceptors (Lipinski definition) is 3. The van der Waals surface area contributed by atoms with E-state index in [0.29, 0.717) is 0 Å². The van der Waals surface area contributed by atoms with E-state index in [1.165, 1.54) is 16.0 Å². The molecule has 3 heteroatoms. The number of rotatable bonds is 2. The first-order valence-electron chi connectivity index (χ1n) is 5.96. The number of ether oxygens (including phenoxy) is 1. The van der Waals surface area contributed by atoms with Crippen molar-refractivity contribution in [3.05, 3.63) is 33.7 Å². The van der Waals surface area contributed by atoms with Crippen LogP contribution in [-0.4, -0.2) is 7.11 Å². The molecular weight excluding hydrogens is 242 g/mol. The van der Waals surface area contributed by atoms with Gasteiger partial charge in [0.25, 0.3) is 0 Å². The summed E-state index contributed by atoms with van der Waals surface area (Å²) in [6, 6.07) is 4.28. The van der Waals surface area contributed by atoms with Crippen molar-refractivity contribution in [2.45, 2.75) is 27.7 Å². The van der Waals surface area contributed by atoms with E-state index in [-0.39, 0.29) is 0 Å². The molecule has 0 spiro atoms. The van der Waals surface area contributed by atoms with Crippen LogP contribution in [0.3, 0.4) is 0 Å².